The molecule has 3 heterocycles. The highest BCUT2D eigenvalue weighted by Gasteiger charge is 2.61. The van der Waals surface area contributed by atoms with Crippen LogP contribution in [0.4, 0.5) is 5.82 Å². The molecule has 0 radical (unpaired) electrons. The Bertz CT molecular complexity index is 746. The summed E-state index contributed by atoms with van der Waals surface area (Å²) in [6.07, 6.45) is 5.08. The zero-order valence-electron chi connectivity index (χ0n) is 14.7. The minimum Gasteiger partial charge on any atom is -0.377 e. The van der Waals surface area contributed by atoms with Crippen LogP contribution in [0.25, 0.3) is 11.4 Å². The summed E-state index contributed by atoms with van der Waals surface area (Å²) in [6.45, 7) is 7.52. The molecule has 2 aromatic heterocycles. The highest BCUT2D eigenvalue weighted by molar-refractivity contribution is 5.57. The Labute approximate surface area is 143 Å². The molecule has 3 atom stereocenters. The predicted molar refractivity (Wildman–Crippen MR) is 93.8 cm³/mol. The van der Waals surface area contributed by atoms with E-state index in [2.05, 4.69) is 41.8 Å². The lowest BCUT2D eigenvalue weighted by Crippen LogP contribution is -2.66. The molecule has 1 saturated carbocycles. The quantitative estimate of drug-likeness (QED) is 0.868. The zero-order valence-corrected chi connectivity index (χ0v) is 14.7. The number of aromatic nitrogens is 3. The molecule has 1 aliphatic carbocycles. The normalized spacial score (nSPS) is 27.4. The molecule has 4 rings (SSSR count). The van der Waals surface area contributed by atoms with Crippen LogP contribution in [0, 0.1) is 18.3 Å². The molecule has 24 heavy (non-hydrogen) atoms. The molecule has 0 amide bonds. The lowest BCUT2D eigenvalue weighted by atomic mass is 9.57. The lowest BCUT2D eigenvalue weighted by Gasteiger charge is -2.58. The summed E-state index contributed by atoms with van der Waals surface area (Å²) in [5.41, 5.74) is 2.12. The summed E-state index contributed by atoms with van der Waals surface area (Å²) in [5, 5.41) is 0. The van der Waals surface area contributed by atoms with E-state index in [0.717, 1.165) is 35.9 Å². The summed E-state index contributed by atoms with van der Waals surface area (Å²) in [6, 6.07) is 6.42. The van der Waals surface area contributed by atoms with Crippen LogP contribution in [0.1, 0.15) is 26.0 Å². The van der Waals surface area contributed by atoms with Gasteiger partial charge in [-0.1, -0.05) is 13.8 Å². The zero-order chi connectivity index (χ0) is 16.9. The maximum atomic E-state index is 5.93. The van der Waals surface area contributed by atoms with Crippen molar-refractivity contribution < 1.29 is 4.74 Å². The molecule has 5 nitrogen and oxygen atoms in total. The summed E-state index contributed by atoms with van der Waals surface area (Å²) < 4.78 is 5.93. The van der Waals surface area contributed by atoms with Gasteiger partial charge < -0.3 is 9.64 Å². The molecule has 0 N–H and O–H groups in total. The first-order valence-corrected chi connectivity index (χ1v) is 8.59. The Morgan fingerprint density at radius 3 is 2.71 bits per heavy atom. The second-order valence-corrected chi connectivity index (χ2v) is 7.55. The Kier molecular flexibility index (Phi) is 3.57. The third kappa shape index (κ3) is 2.30. The monoisotopic (exact) mass is 324 g/mol. The molecule has 1 aliphatic heterocycles. The number of hydrogen-bond donors (Lipinski definition) is 0. The van der Waals surface area contributed by atoms with Crippen molar-refractivity contribution in [3.05, 3.63) is 36.3 Å². The van der Waals surface area contributed by atoms with Gasteiger partial charge in [-0.05, 0) is 25.5 Å². The Morgan fingerprint density at radius 2 is 1.96 bits per heavy atom. The van der Waals surface area contributed by atoms with Gasteiger partial charge in [-0.15, -0.1) is 0 Å². The van der Waals surface area contributed by atoms with Crippen molar-refractivity contribution >= 4 is 5.82 Å². The highest BCUT2D eigenvalue weighted by Crippen LogP contribution is 2.54. The first kappa shape index (κ1) is 15.5. The number of pyridine rings is 1. The molecule has 0 spiro atoms. The number of nitrogens with zero attached hydrogens (tertiary/aromatic N) is 4. The maximum Gasteiger partial charge on any atom is 0.161 e. The van der Waals surface area contributed by atoms with Crippen molar-refractivity contribution in [3.8, 4) is 11.4 Å². The summed E-state index contributed by atoms with van der Waals surface area (Å²) in [7, 11) is 2.15. The van der Waals surface area contributed by atoms with Crippen molar-refractivity contribution in [3.63, 3.8) is 0 Å². The van der Waals surface area contributed by atoms with Gasteiger partial charge in [0.05, 0.1) is 6.10 Å². The van der Waals surface area contributed by atoms with Crippen LogP contribution in [0.2, 0.25) is 0 Å². The van der Waals surface area contributed by atoms with Crippen LogP contribution in [-0.4, -0.2) is 40.8 Å². The molecule has 0 bridgehead atoms. The smallest absolute Gasteiger partial charge is 0.161 e. The van der Waals surface area contributed by atoms with Crippen LogP contribution in [0.5, 0.6) is 0 Å². The second kappa shape index (κ2) is 5.52. The third-order valence-corrected chi connectivity index (χ3v) is 5.60. The van der Waals surface area contributed by atoms with Gasteiger partial charge in [-0.2, -0.15) is 0 Å². The standard InChI is InChI=1S/C19H24N4O/c1-12-11-15(22-18(21-12)13-5-8-20-9-6-13)23(4)16-14-7-10-24-17(14)19(16,2)3/h5-6,8-9,11,14,16-17H,7,10H2,1-4H3/t14-,16+,17+/m0/s1. The van der Waals surface area contributed by atoms with Crippen molar-refractivity contribution in [1.29, 1.82) is 0 Å². The van der Waals surface area contributed by atoms with Crippen molar-refractivity contribution in [2.75, 3.05) is 18.6 Å². The van der Waals surface area contributed by atoms with Crippen LogP contribution in [0.3, 0.4) is 0 Å². The van der Waals surface area contributed by atoms with E-state index in [4.69, 9.17) is 9.72 Å². The molecular weight excluding hydrogens is 300 g/mol. The van der Waals surface area contributed by atoms with Gasteiger partial charge in [0.1, 0.15) is 5.82 Å². The van der Waals surface area contributed by atoms with Gasteiger partial charge in [0.15, 0.2) is 5.82 Å². The predicted octanol–water partition coefficient (Wildman–Crippen LogP) is 3.10. The molecule has 2 aromatic rings. The van der Waals surface area contributed by atoms with E-state index in [0.29, 0.717) is 18.1 Å². The molecule has 126 valence electrons. The molecule has 2 fully saturated rings. The van der Waals surface area contributed by atoms with E-state index in [1.54, 1.807) is 12.4 Å². The summed E-state index contributed by atoms with van der Waals surface area (Å²) in [4.78, 5) is 15.8. The van der Waals surface area contributed by atoms with Crippen LogP contribution < -0.4 is 4.90 Å². The Balaban J connectivity index is 1.68. The van der Waals surface area contributed by atoms with Gasteiger partial charge >= 0.3 is 0 Å². The third-order valence-electron chi connectivity index (χ3n) is 5.60. The van der Waals surface area contributed by atoms with Crippen molar-refractivity contribution in [2.45, 2.75) is 39.3 Å². The molecule has 2 aliphatic rings. The van der Waals surface area contributed by atoms with Crippen LogP contribution in [-0.2, 0) is 4.74 Å². The topological polar surface area (TPSA) is 51.1 Å². The van der Waals surface area contributed by atoms with E-state index < -0.39 is 0 Å². The minimum atomic E-state index is 0.144. The van der Waals surface area contributed by atoms with Crippen molar-refractivity contribution in [2.24, 2.45) is 11.3 Å². The fourth-order valence-electron chi connectivity index (χ4n) is 4.59. The molecule has 0 unspecified atom stereocenters. The maximum absolute atomic E-state index is 5.93. The number of rotatable bonds is 3. The largest absolute Gasteiger partial charge is 0.377 e. The first-order chi connectivity index (χ1) is 11.5. The van der Waals surface area contributed by atoms with Crippen LogP contribution >= 0.6 is 0 Å². The number of ether oxygens (including phenoxy) is 1. The Hall–Kier alpha value is -2.01. The number of fused-ring (bicyclic) bond motifs is 1. The molecule has 1 saturated heterocycles. The van der Waals surface area contributed by atoms with Gasteiger partial charge in [0.25, 0.3) is 0 Å². The SMILES string of the molecule is Cc1cc(N(C)[C@@H]2[C@@H]3CCO[C@H]3C2(C)C)nc(-c2ccncc2)n1. The Morgan fingerprint density at radius 1 is 1.21 bits per heavy atom. The van der Waals surface area contributed by atoms with E-state index in [-0.39, 0.29) is 5.41 Å². The second-order valence-electron chi connectivity index (χ2n) is 7.55. The molecule has 0 aromatic carbocycles. The minimum absolute atomic E-state index is 0.144. The average molecular weight is 324 g/mol. The van der Waals surface area contributed by atoms with Gasteiger partial charge in [-0.25, -0.2) is 9.97 Å². The number of hydrogen-bond acceptors (Lipinski definition) is 5. The average Bonchev–Trinajstić information content (AvgIpc) is 3.01. The summed E-state index contributed by atoms with van der Waals surface area (Å²) >= 11 is 0. The summed E-state index contributed by atoms with van der Waals surface area (Å²) in [5.74, 6) is 2.35. The molecule has 5 heteroatoms. The van der Waals surface area contributed by atoms with E-state index in [1.165, 1.54) is 0 Å². The fourth-order valence-corrected chi connectivity index (χ4v) is 4.59. The number of aryl methyl sites for hydroxylation is 1. The van der Waals surface area contributed by atoms with Gasteiger partial charge in [-0.3, -0.25) is 4.98 Å². The van der Waals surface area contributed by atoms with E-state index in [1.807, 2.05) is 19.1 Å². The molecular formula is C19H24N4O. The van der Waals surface area contributed by atoms with Crippen molar-refractivity contribution in [1.82, 2.24) is 15.0 Å². The lowest BCUT2D eigenvalue weighted by molar-refractivity contribution is -0.101. The highest BCUT2D eigenvalue weighted by atomic mass is 16.5. The van der Waals surface area contributed by atoms with Crippen LogP contribution in [0.15, 0.2) is 30.6 Å². The fraction of sp³-hybridized carbons (Fsp3) is 0.526. The van der Waals surface area contributed by atoms with Gasteiger partial charge in [0.2, 0.25) is 0 Å². The van der Waals surface area contributed by atoms with E-state index in [9.17, 15) is 0 Å². The first-order valence-electron chi connectivity index (χ1n) is 8.59. The number of anilines is 1. The van der Waals surface area contributed by atoms with Gasteiger partial charge in [0, 0.05) is 60.7 Å². The van der Waals surface area contributed by atoms with E-state index >= 15 is 0 Å².